The smallest absolute Gasteiger partial charge is 0.341 e. The van der Waals surface area contributed by atoms with Gasteiger partial charge in [0.05, 0.1) is 45.9 Å². The van der Waals surface area contributed by atoms with Crippen molar-refractivity contribution >= 4 is 35.8 Å². The summed E-state index contributed by atoms with van der Waals surface area (Å²) in [5.74, 6) is -3.52. The zero-order valence-corrected chi connectivity index (χ0v) is 41.7. The molecular weight excluding hydrogens is 839 g/mol. The Morgan fingerprint density at radius 3 is 1.28 bits per heavy atom. The summed E-state index contributed by atoms with van der Waals surface area (Å²) < 4.78 is 39.9. The van der Waals surface area contributed by atoms with Gasteiger partial charge in [-0.25, -0.2) is 4.79 Å². The molecule has 1 atom stereocenters. The van der Waals surface area contributed by atoms with E-state index in [2.05, 4.69) is 0 Å². The first kappa shape index (κ1) is 56.1. The summed E-state index contributed by atoms with van der Waals surface area (Å²) in [6, 6.07) is 13.6. The minimum atomic E-state index is -0.887. The topological polar surface area (TPSA) is 177 Å². The van der Waals surface area contributed by atoms with E-state index in [1.165, 1.54) is 7.11 Å². The summed E-state index contributed by atoms with van der Waals surface area (Å²) in [5, 5.41) is 0. The maximum atomic E-state index is 13.6. The SMILES string of the molecule is COC(=O)c1cc(-c2ccccc2)ccc1OCC(CN(CCN(CC(=O)OC(C)(C)C)CC(=O)OC(C)(C)C)CC(=O)OC(C)(C)C)N(CC(=O)OC(C)(C)C)CC(=O)OC(C)(C)C. The van der Waals surface area contributed by atoms with Crippen molar-refractivity contribution in [3.8, 4) is 16.9 Å². The van der Waals surface area contributed by atoms with Crippen LogP contribution in [0.4, 0.5) is 0 Å². The molecule has 16 nitrogen and oxygen atoms in total. The van der Waals surface area contributed by atoms with Crippen molar-refractivity contribution in [1.29, 1.82) is 0 Å². The second-order valence-electron chi connectivity index (χ2n) is 20.8. The Labute approximate surface area is 386 Å². The standard InChI is InChI=1S/C49H75N3O13/c1-45(2,3)61-39(53)28-50(24-25-51(29-40(54)62-46(4,5)6)30-41(55)63-47(7,8)9)27-36(52(31-42(56)64-48(10,11)12)32-43(57)65-49(13,14)15)33-60-38-23-22-35(26-37(38)44(58)59-16)34-20-18-17-19-21-34/h17-23,26,36H,24-25,27-33H2,1-16H3. The van der Waals surface area contributed by atoms with Gasteiger partial charge in [-0.05, 0) is 127 Å². The first-order valence-electron chi connectivity index (χ1n) is 21.9. The molecule has 65 heavy (non-hydrogen) atoms. The van der Waals surface area contributed by atoms with E-state index in [0.717, 1.165) is 11.1 Å². The summed E-state index contributed by atoms with van der Waals surface area (Å²) in [5.41, 5.74) is -2.47. The van der Waals surface area contributed by atoms with Crippen LogP contribution in [0.5, 0.6) is 5.75 Å². The highest BCUT2D eigenvalue weighted by Gasteiger charge is 2.33. The van der Waals surface area contributed by atoms with Gasteiger partial charge >= 0.3 is 35.8 Å². The number of methoxy groups -OCH3 is 1. The third-order valence-electron chi connectivity index (χ3n) is 8.46. The van der Waals surface area contributed by atoms with Crippen LogP contribution < -0.4 is 4.74 Å². The molecule has 0 bridgehead atoms. The number of esters is 6. The molecule has 16 heteroatoms. The molecule has 0 spiro atoms. The number of benzene rings is 2. The third-order valence-corrected chi connectivity index (χ3v) is 8.46. The summed E-state index contributed by atoms with van der Waals surface area (Å²) >= 11 is 0. The molecule has 2 rings (SSSR count). The summed E-state index contributed by atoms with van der Waals surface area (Å²) in [6.07, 6.45) is 0. The summed E-state index contributed by atoms with van der Waals surface area (Å²) in [6.45, 7) is 24.2. The molecule has 0 aromatic heterocycles. The van der Waals surface area contributed by atoms with Gasteiger partial charge in [-0.1, -0.05) is 36.4 Å². The van der Waals surface area contributed by atoms with Crippen LogP contribution in [-0.2, 0) is 52.4 Å². The Morgan fingerprint density at radius 1 is 0.492 bits per heavy atom. The third kappa shape index (κ3) is 24.2. The fraction of sp³-hybridized carbons (Fsp3) is 0.633. The van der Waals surface area contributed by atoms with E-state index in [-0.39, 0.29) is 57.2 Å². The quantitative estimate of drug-likeness (QED) is 0.0979. The number of ether oxygens (including phenoxy) is 7. The molecule has 0 radical (unpaired) electrons. The van der Waals surface area contributed by atoms with Crippen LogP contribution in [0.25, 0.3) is 11.1 Å². The Morgan fingerprint density at radius 2 is 0.877 bits per heavy atom. The molecule has 0 aliphatic heterocycles. The van der Waals surface area contributed by atoms with Gasteiger partial charge in [-0.3, -0.25) is 38.7 Å². The Bertz CT molecular complexity index is 1840. The Balaban J connectivity index is 2.76. The van der Waals surface area contributed by atoms with Gasteiger partial charge in [-0.2, -0.15) is 0 Å². The van der Waals surface area contributed by atoms with Crippen LogP contribution in [0.3, 0.4) is 0 Å². The molecule has 0 fully saturated rings. The van der Waals surface area contributed by atoms with Gasteiger partial charge in [0, 0.05) is 19.6 Å². The molecular formula is C49H75N3O13. The lowest BCUT2D eigenvalue weighted by Gasteiger charge is -2.36. The second-order valence-corrected chi connectivity index (χ2v) is 20.8. The first-order chi connectivity index (χ1) is 29.7. The number of carbonyl (C=O) groups excluding carboxylic acids is 6. The predicted molar refractivity (Wildman–Crippen MR) is 246 cm³/mol. The highest BCUT2D eigenvalue weighted by atomic mass is 16.6. The Kier molecular flexibility index (Phi) is 20.6. The van der Waals surface area contributed by atoms with E-state index in [9.17, 15) is 28.8 Å². The van der Waals surface area contributed by atoms with Gasteiger partial charge in [0.25, 0.3) is 0 Å². The molecule has 0 N–H and O–H groups in total. The van der Waals surface area contributed by atoms with Crippen LogP contribution in [0.1, 0.15) is 114 Å². The van der Waals surface area contributed by atoms with Gasteiger partial charge < -0.3 is 33.2 Å². The van der Waals surface area contributed by atoms with Crippen molar-refractivity contribution in [2.75, 3.05) is 66.1 Å². The average molecular weight is 914 g/mol. The van der Waals surface area contributed by atoms with Crippen LogP contribution >= 0.6 is 0 Å². The monoisotopic (exact) mass is 914 g/mol. The Hall–Kier alpha value is -5.06. The van der Waals surface area contributed by atoms with Crippen LogP contribution in [-0.4, -0.2) is 151 Å². The van der Waals surface area contributed by atoms with Crippen molar-refractivity contribution in [2.24, 2.45) is 0 Å². The molecule has 2 aromatic rings. The second kappa shape index (κ2) is 23.9. The van der Waals surface area contributed by atoms with Crippen LogP contribution in [0.15, 0.2) is 48.5 Å². The summed E-state index contributed by atoms with van der Waals surface area (Å²) in [7, 11) is 1.26. The number of hydrogen-bond acceptors (Lipinski definition) is 16. The van der Waals surface area contributed by atoms with Crippen molar-refractivity contribution in [1.82, 2.24) is 14.7 Å². The molecule has 2 aromatic carbocycles. The predicted octanol–water partition coefficient (Wildman–Crippen LogP) is 6.50. The molecule has 0 heterocycles. The number of hydrogen-bond donors (Lipinski definition) is 0. The lowest BCUT2D eigenvalue weighted by molar-refractivity contribution is -0.163. The van der Waals surface area contributed by atoms with Crippen molar-refractivity contribution < 1.29 is 61.9 Å². The van der Waals surface area contributed by atoms with E-state index in [1.807, 2.05) is 30.3 Å². The fourth-order valence-corrected chi connectivity index (χ4v) is 6.29. The van der Waals surface area contributed by atoms with E-state index >= 15 is 0 Å². The molecule has 0 saturated carbocycles. The van der Waals surface area contributed by atoms with Crippen molar-refractivity contribution in [3.63, 3.8) is 0 Å². The summed E-state index contributed by atoms with van der Waals surface area (Å²) in [4.78, 5) is 85.2. The molecule has 0 amide bonds. The average Bonchev–Trinajstić information content (AvgIpc) is 3.11. The van der Waals surface area contributed by atoms with Gasteiger partial charge in [0.15, 0.2) is 0 Å². The van der Waals surface area contributed by atoms with E-state index < -0.39 is 83.0 Å². The lowest BCUT2D eigenvalue weighted by atomic mass is 10.0. The van der Waals surface area contributed by atoms with Crippen LogP contribution in [0, 0.1) is 0 Å². The van der Waals surface area contributed by atoms with Gasteiger partial charge in [-0.15, -0.1) is 0 Å². The maximum absolute atomic E-state index is 13.6. The van der Waals surface area contributed by atoms with Crippen molar-refractivity contribution in [3.05, 3.63) is 54.1 Å². The largest absolute Gasteiger partial charge is 0.491 e. The van der Waals surface area contributed by atoms with Gasteiger partial charge in [0.1, 0.15) is 45.9 Å². The molecule has 0 aliphatic rings. The molecule has 0 saturated heterocycles. The normalized spacial score (nSPS) is 13.0. The fourth-order valence-electron chi connectivity index (χ4n) is 6.29. The van der Waals surface area contributed by atoms with Gasteiger partial charge in [0.2, 0.25) is 0 Å². The molecule has 0 aliphatic carbocycles. The number of nitrogens with zero attached hydrogens (tertiary/aromatic N) is 3. The van der Waals surface area contributed by atoms with Crippen molar-refractivity contribution in [2.45, 2.75) is 138 Å². The minimum absolute atomic E-state index is 0.0484. The molecule has 364 valence electrons. The number of carbonyl (C=O) groups is 6. The van der Waals surface area contributed by atoms with E-state index in [1.54, 1.807) is 137 Å². The zero-order chi connectivity index (χ0) is 49.6. The van der Waals surface area contributed by atoms with Crippen LogP contribution in [0.2, 0.25) is 0 Å². The lowest BCUT2D eigenvalue weighted by Crippen LogP contribution is -2.54. The zero-order valence-electron chi connectivity index (χ0n) is 41.7. The number of rotatable bonds is 21. The highest BCUT2D eigenvalue weighted by Crippen LogP contribution is 2.28. The highest BCUT2D eigenvalue weighted by molar-refractivity contribution is 5.94. The minimum Gasteiger partial charge on any atom is -0.491 e. The van der Waals surface area contributed by atoms with E-state index in [4.69, 9.17) is 33.2 Å². The first-order valence-corrected chi connectivity index (χ1v) is 21.9. The van der Waals surface area contributed by atoms with E-state index in [0.29, 0.717) is 0 Å². The maximum Gasteiger partial charge on any atom is 0.341 e. The molecule has 1 unspecified atom stereocenters.